The SMILES string of the molecule is O=C(c1cc(Br)sc1Br)C(C(F)(F)F)C(F)(F)F. The van der Waals surface area contributed by atoms with Gasteiger partial charge in [0.1, 0.15) is 0 Å². The van der Waals surface area contributed by atoms with E-state index in [0.717, 1.165) is 17.4 Å². The van der Waals surface area contributed by atoms with E-state index in [4.69, 9.17) is 0 Å². The van der Waals surface area contributed by atoms with Crippen LogP contribution in [0.15, 0.2) is 13.6 Å². The zero-order chi connectivity index (χ0) is 14.3. The summed E-state index contributed by atoms with van der Waals surface area (Å²) < 4.78 is 74.1. The Kier molecular flexibility index (Phi) is 4.54. The average molecular weight is 420 g/mol. The lowest BCUT2D eigenvalue weighted by atomic mass is 9.98. The number of hydrogen-bond acceptors (Lipinski definition) is 2. The molecule has 1 rings (SSSR count). The van der Waals surface area contributed by atoms with Gasteiger partial charge in [0, 0.05) is 5.56 Å². The molecule has 0 bridgehead atoms. The second kappa shape index (κ2) is 5.12. The lowest BCUT2D eigenvalue weighted by Crippen LogP contribution is -2.42. The molecule has 0 spiro atoms. The minimum atomic E-state index is -5.68. The second-order valence-electron chi connectivity index (χ2n) is 3.12. The van der Waals surface area contributed by atoms with E-state index in [0.29, 0.717) is 0 Å². The minimum absolute atomic E-state index is 0.0853. The van der Waals surface area contributed by atoms with Crippen molar-refractivity contribution in [1.82, 2.24) is 0 Å². The zero-order valence-corrected chi connectivity index (χ0v) is 12.0. The third-order valence-corrected chi connectivity index (χ3v) is 4.18. The molecule has 0 aromatic carbocycles. The fraction of sp³-hybridized carbons (Fsp3) is 0.375. The first-order valence-corrected chi connectivity index (χ1v) is 6.47. The highest BCUT2D eigenvalue weighted by Crippen LogP contribution is 2.43. The number of Topliss-reactive ketones (excluding diaryl/α,β-unsaturated/α-hetero) is 1. The molecule has 0 amide bonds. The predicted octanol–water partition coefficient (Wildman–Crippen LogP) is 5.20. The molecular formula is C8H2Br2F6OS. The van der Waals surface area contributed by atoms with Crippen LogP contribution < -0.4 is 0 Å². The van der Waals surface area contributed by atoms with Crippen molar-refractivity contribution in [3.63, 3.8) is 0 Å². The van der Waals surface area contributed by atoms with Crippen molar-refractivity contribution < 1.29 is 31.1 Å². The average Bonchev–Trinajstić information content (AvgIpc) is 2.39. The maximum absolute atomic E-state index is 12.3. The van der Waals surface area contributed by atoms with Gasteiger partial charge < -0.3 is 0 Å². The minimum Gasteiger partial charge on any atom is -0.293 e. The summed E-state index contributed by atoms with van der Waals surface area (Å²) in [7, 11) is 0. The Morgan fingerprint density at radius 3 is 1.83 bits per heavy atom. The van der Waals surface area contributed by atoms with Crippen molar-refractivity contribution in [3.8, 4) is 0 Å². The third-order valence-electron chi connectivity index (χ3n) is 1.84. The van der Waals surface area contributed by atoms with E-state index in [9.17, 15) is 31.1 Å². The molecule has 1 aromatic heterocycles. The quantitative estimate of drug-likeness (QED) is 0.476. The second-order valence-corrected chi connectivity index (χ2v) is 6.87. The Bertz CT molecular complexity index is 449. The first kappa shape index (κ1) is 16.0. The van der Waals surface area contributed by atoms with E-state index in [1.54, 1.807) is 0 Å². The molecule has 1 heterocycles. The van der Waals surface area contributed by atoms with Gasteiger partial charge in [-0.05, 0) is 37.9 Å². The van der Waals surface area contributed by atoms with Crippen LogP contribution in [0.2, 0.25) is 0 Å². The van der Waals surface area contributed by atoms with Gasteiger partial charge in [-0.15, -0.1) is 11.3 Å². The van der Waals surface area contributed by atoms with Crippen molar-refractivity contribution in [2.45, 2.75) is 12.4 Å². The fourth-order valence-electron chi connectivity index (χ4n) is 1.15. The normalized spacial score (nSPS) is 13.2. The van der Waals surface area contributed by atoms with Crippen LogP contribution in [0.5, 0.6) is 0 Å². The molecule has 0 atom stereocenters. The Morgan fingerprint density at radius 1 is 1.11 bits per heavy atom. The van der Waals surface area contributed by atoms with Crippen molar-refractivity contribution >= 4 is 49.0 Å². The molecule has 1 aromatic rings. The summed E-state index contributed by atoms with van der Waals surface area (Å²) in [6.45, 7) is 0. The largest absolute Gasteiger partial charge is 0.407 e. The highest BCUT2D eigenvalue weighted by Gasteiger charge is 2.61. The third kappa shape index (κ3) is 3.47. The number of alkyl halides is 6. The summed E-state index contributed by atoms with van der Waals surface area (Å²) in [5, 5.41) is 0. The van der Waals surface area contributed by atoms with Crippen LogP contribution in [0.3, 0.4) is 0 Å². The molecule has 0 aliphatic rings. The van der Waals surface area contributed by atoms with Gasteiger partial charge in [0.05, 0.1) is 7.57 Å². The molecule has 0 aliphatic heterocycles. The Hall–Kier alpha value is -0.0900. The molecule has 0 aliphatic carbocycles. The van der Waals surface area contributed by atoms with E-state index < -0.39 is 29.6 Å². The van der Waals surface area contributed by atoms with Gasteiger partial charge in [0.2, 0.25) is 5.92 Å². The van der Waals surface area contributed by atoms with Gasteiger partial charge in [-0.2, -0.15) is 26.3 Å². The molecule has 102 valence electrons. The standard InChI is InChI=1S/C8H2Br2F6OS/c9-3-1-2(6(10)18-3)4(17)5(7(11,12)13)8(14,15)16/h1,5H. The van der Waals surface area contributed by atoms with Gasteiger partial charge in [0.25, 0.3) is 0 Å². The monoisotopic (exact) mass is 418 g/mol. The topological polar surface area (TPSA) is 17.1 Å². The molecule has 0 saturated carbocycles. The first-order valence-electron chi connectivity index (χ1n) is 4.07. The van der Waals surface area contributed by atoms with Crippen LogP contribution >= 0.6 is 43.2 Å². The van der Waals surface area contributed by atoms with Crippen molar-refractivity contribution in [2.24, 2.45) is 5.92 Å². The summed E-state index contributed by atoms with van der Waals surface area (Å²) in [5.41, 5.74) is -0.647. The maximum Gasteiger partial charge on any atom is 0.407 e. The number of thiophene rings is 1. The van der Waals surface area contributed by atoms with Crippen molar-refractivity contribution in [1.29, 1.82) is 0 Å². The van der Waals surface area contributed by atoms with Gasteiger partial charge >= 0.3 is 12.4 Å². The molecule has 10 heteroatoms. The van der Waals surface area contributed by atoms with E-state index in [1.807, 2.05) is 0 Å². The fourth-order valence-corrected chi connectivity index (χ4v) is 3.96. The zero-order valence-electron chi connectivity index (χ0n) is 7.99. The number of hydrogen-bond donors (Lipinski definition) is 0. The number of carbonyl (C=O) groups excluding carboxylic acids is 1. The van der Waals surface area contributed by atoms with Crippen LogP contribution in [0.25, 0.3) is 0 Å². The van der Waals surface area contributed by atoms with Crippen LogP contribution in [0.1, 0.15) is 10.4 Å². The highest BCUT2D eigenvalue weighted by atomic mass is 79.9. The van der Waals surface area contributed by atoms with Crippen molar-refractivity contribution in [3.05, 3.63) is 19.2 Å². The van der Waals surface area contributed by atoms with Crippen LogP contribution in [0, 0.1) is 5.92 Å². The van der Waals surface area contributed by atoms with Gasteiger partial charge in [-0.1, -0.05) is 0 Å². The molecular weight excluding hydrogens is 418 g/mol. The summed E-state index contributed by atoms with van der Waals surface area (Å²) in [4.78, 5) is 11.4. The molecule has 0 saturated heterocycles. The van der Waals surface area contributed by atoms with Gasteiger partial charge in [0.15, 0.2) is 5.78 Å². The van der Waals surface area contributed by atoms with Crippen LogP contribution in [-0.2, 0) is 0 Å². The molecule has 0 fully saturated rings. The lowest BCUT2D eigenvalue weighted by molar-refractivity contribution is -0.264. The molecule has 0 radical (unpaired) electrons. The van der Waals surface area contributed by atoms with E-state index in [2.05, 4.69) is 31.9 Å². The van der Waals surface area contributed by atoms with Gasteiger partial charge in [-0.3, -0.25) is 4.79 Å². The molecule has 0 N–H and O–H groups in total. The summed E-state index contributed by atoms with van der Waals surface area (Å²) in [6.07, 6.45) is -11.4. The first-order chi connectivity index (χ1) is 7.94. The predicted molar refractivity (Wildman–Crippen MR) is 59.6 cm³/mol. The Morgan fingerprint density at radius 2 is 1.56 bits per heavy atom. The van der Waals surface area contributed by atoms with Crippen molar-refractivity contribution in [2.75, 3.05) is 0 Å². The Balaban J connectivity index is 3.24. The lowest BCUT2D eigenvalue weighted by Gasteiger charge is -2.21. The van der Waals surface area contributed by atoms with E-state index in [-0.39, 0.29) is 7.57 Å². The van der Waals surface area contributed by atoms with Crippen LogP contribution in [-0.4, -0.2) is 18.1 Å². The summed E-state index contributed by atoms with van der Waals surface area (Å²) >= 11 is 6.44. The Labute approximate surface area is 117 Å². The van der Waals surface area contributed by atoms with E-state index in [1.165, 1.54) is 0 Å². The summed E-state index contributed by atoms with van der Waals surface area (Å²) in [5.74, 6) is -6.04. The molecule has 18 heavy (non-hydrogen) atoms. The summed E-state index contributed by atoms with van der Waals surface area (Å²) in [6, 6.07) is 0.918. The van der Waals surface area contributed by atoms with Gasteiger partial charge in [-0.25, -0.2) is 0 Å². The maximum atomic E-state index is 12.3. The number of carbonyl (C=O) groups is 1. The van der Waals surface area contributed by atoms with Crippen LogP contribution in [0.4, 0.5) is 26.3 Å². The highest BCUT2D eigenvalue weighted by molar-refractivity contribution is 9.12. The smallest absolute Gasteiger partial charge is 0.293 e. The van der Waals surface area contributed by atoms with E-state index >= 15 is 0 Å². The number of rotatable bonds is 2. The molecule has 0 unspecified atom stereocenters. The number of halogens is 8. The molecule has 1 nitrogen and oxygen atoms in total. The number of ketones is 1.